The summed E-state index contributed by atoms with van der Waals surface area (Å²) < 4.78 is 21.8. The lowest BCUT2D eigenvalue weighted by Gasteiger charge is -2.10. The predicted molar refractivity (Wildman–Crippen MR) is 150 cm³/mol. The topological polar surface area (TPSA) is 85.6 Å². The van der Waals surface area contributed by atoms with Crippen molar-refractivity contribution in [1.29, 1.82) is 0 Å². The smallest absolute Gasteiger partial charge is 0.282 e. The van der Waals surface area contributed by atoms with Crippen LogP contribution in [0.4, 0.5) is 10.1 Å². The van der Waals surface area contributed by atoms with E-state index in [1.54, 1.807) is 30.5 Å². The molecule has 1 aromatic heterocycles. The average Bonchev–Trinajstić information content (AvgIpc) is 2.84. The minimum Gasteiger partial charge on any atom is -0.483 e. The summed E-state index contributed by atoms with van der Waals surface area (Å²) in [4.78, 5) is 29.9. The van der Waals surface area contributed by atoms with Gasteiger partial charge in [0.1, 0.15) is 17.4 Å². The molecule has 0 bridgehead atoms. The molecule has 4 rings (SSSR count). The molecule has 0 spiro atoms. The lowest BCUT2D eigenvalue weighted by molar-refractivity contribution is -0.118. The van der Waals surface area contributed by atoms with Crippen molar-refractivity contribution in [2.45, 2.75) is 19.8 Å². The number of rotatable bonds is 8. The molecule has 0 unspecified atom stereocenters. The van der Waals surface area contributed by atoms with E-state index in [0.29, 0.717) is 34.6 Å². The van der Waals surface area contributed by atoms with E-state index < -0.39 is 11.7 Å². The Kier molecular flexibility index (Phi) is 8.47. The molecule has 184 valence electrons. The fourth-order valence-corrected chi connectivity index (χ4v) is 4.50. The molecule has 0 radical (unpaired) electrons. The van der Waals surface area contributed by atoms with Crippen LogP contribution in [0, 0.1) is 9.39 Å². The maximum atomic E-state index is 13.3. The summed E-state index contributed by atoms with van der Waals surface area (Å²) in [6.45, 7) is 1.79. The van der Waals surface area contributed by atoms with Crippen molar-refractivity contribution >= 4 is 67.2 Å². The van der Waals surface area contributed by atoms with Crippen LogP contribution in [0.5, 0.6) is 5.75 Å². The molecule has 0 aliphatic carbocycles. The van der Waals surface area contributed by atoms with Gasteiger partial charge in [-0.1, -0.05) is 28.9 Å². The monoisotopic (exact) mass is 662 g/mol. The first-order valence-corrected chi connectivity index (χ1v) is 12.9. The van der Waals surface area contributed by atoms with Crippen molar-refractivity contribution in [3.8, 4) is 5.75 Å². The molecule has 36 heavy (non-hydrogen) atoms. The molecule has 0 saturated heterocycles. The van der Waals surface area contributed by atoms with Crippen molar-refractivity contribution in [3.05, 3.63) is 96.3 Å². The Balaban J connectivity index is 1.50. The molecule has 0 aliphatic heterocycles. The minimum absolute atomic E-state index is 0.228. The largest absolute Gasteiger partial charge is 0.483 e. The maximum absolute atomic E-state index is 13.3. The third kappa shape index (κ3) is 6.35. The highest BCUT2D eigenvalue weighted by Crippen LogP contribution is 2.22. The second kappa shape index (κ2) is 11.7. The van der Waals surface area contributed by atoms with E-state index in [9.17, 15) is 14.0 Å². The molecule has 3 aromatic carbocycles. The van der Waals surface area contributed by atoms with Gasteiger partial charge in [-0.05, 0) is 89.2 Å². The Labute approximate surface area is 228 Å². The van der Waals surface area contributed by atoms with Crippen molar-refractivity contribution < 1.29 is 13.9 Å². The molecule has 4 aromatic rings. The second-order valence-electron chi connectivity index (χ2n) is 7.84. The number of aromatic nitrogens is 2. The molecule has 1 amide bonds. The van der Waals surface area contributed by atoms with Crippen LogP contribution in [0.2, 0.25) is 0 Å². The van der Waals surface area contributed by atoms with Crippen molar-refractivity contribution in [2.75, 3.05) is 11.9 Å². The van der Waals surface area contributed by atoms with E-state index in [1.807, 2.05) is 25.1 Å². The van der Waals surface area contributed by atoms with E-state index in [0.717, 1.165) is 20.0 Å². The number of nitrogens with one attached hydrogen (secondary N) is 1. The number of fused-ring (bicyclic) bond motifs is 1. The fourth-order valence-electron chi connectivity index (χ4n) is 3.44. The zero-order chi connectivity index (χ0) is 25.7. The Hall–Kier alpha value is -3.12. The maximum Gasteiger partial charge on any atom is 0.282 e. The summed E-state index contributed by atoms with van der Waals surface area (Å²) in [7, 11) is 0. The van der Waals surface area contributed by atoms with Gasteiger partial charge < -0.3 is 10.1 Å². The molecule has 0 atom stereocenters. The molecule has 10 heteroatoms. The summed E-state index contributed by atoms with van der Waals surface area (Å²) >= 11 is 5.51. The van der Waals surface area contributed by atoms with E-state index in [4.69, 9.17) is 4.74 Å². The number of anilines is 1. The number of ether oxygens (including phenoxy) is 1. The second-order valence-corrected chi connectivity index (χ2v) is 9.92. The SMILES string of the molecule is CCCc1nc2ccc(Br)cc2c(=O)n1N=Cc1ccc(OCC(=O)Nc2cccc(F)c2)c(I)c1. The Morgan fingerprint density at radius 3 is 2.81 bits per heavy atom. The van der Waals surface area contributed by atoms with Gasteiger partial charge in [0.2, 0.25) is 0 Å². The van der Waals surface area contributed by atoms with E-state index in [-0.39, 0.29) is 12.2 Å². The van der Waals surface area contributed by atoms with Crippen LogP contribution < -0.4 is 15.6 Å². The fraction of sp³-hybridized carbons (Fsp3) is 0.154. The standard InChI is InChI=1S/C26H21BrFIN4O3/c1-2-4-24-32-22-9-8-17(27)12-20(22)26(35)33(24)30-14-16-7-10-23(21(29)11-16)36-15-25(34)31-19-6-3-5-18(28)13-19/h3,5-14H,2,4,15H2,1H3,(H,31,34). The Morgan fingerprint density at radius 2 is 2.06 bits per heavy atom. The molecular weight excluding hydrogens is 642 g/mol. The number of benzene rings is 3. The molecule has 1 N–H and O–H groups in total. The lowest BCUT2D eigenvalue weighted by Crippen LogP contribution is -2.22. The van der Waals surface area contributed by atoms with Gasteiger partial charge in [-0.15, -0.1) is 0 Å². The number of nitrogens with zero attached hydrogens (tertiary/aromatic N) is 3. The number of hydrogen-bond donors (Lipinski definition) is 1. The first-order valence-electron chi connectivity index (χ1n) is 11.1. The highest BCUT2D eigenvalue weighted by Gasteiger charge is 2.11. The Bertz CT molecular complexity index is 1520. The summed E-state index contributed by atoms with van der Waals surface area (Å²) in [5.41, 5.74) is 1.51. The van der Waals surface area contributed by atoms with Gasteiger partial charge in [0.15, 0.2) is 6.61 Å². The number of halogens is 3. The van der Waals surface area contributed by atoms with Crippen LogP contribution in [0.15, 0.2) is 75.0 Å². The van der Waals surface area contributed by atoms with Crippen LogP contribution >= 0.6 is 38.5 Å². The third-order valence-electron chi connectivity index (χ3n) is 5.09. The summed E-state index contributed by atoms with van der Waals surface area (Å²) in [5.74, 6) is 0.271. The van der Waals surface area contributed by atoms with Crippen LogP contribution in [-0.2, 0) is 11.2 Å². The van der Waals surface area contributed by atoms with Crippen molar-refractivity contribution in [3.63, 3.8) is 0 Å². The minimum atomic E-state index is -0.433. The van der Waals surface area contributed by atoms with E-state index in [2.05, 4.69) is 53.9 Å². The van der Waals surface area contributed by atoms with Gasteiger partial charge in [0.25, 0.3) is 11.5 Å². The average molecular weight is 663 g/mol. The van der Waals surface area contributed by atoms with Crippen molar-refractivity contribution in [1.82, 2.24) is 9.66 Å². The van der Waals surface area contributed by atoms with Crippen LogP contribution in [-0.4, -0.2) is 28.4 Å². The van der Waals surface area contributed by atoms with Crippen molar-refractivity contribution in [2.24, 2.45) is 5.10 Å². The van der Waals surface area contributed by atoms with Gasteiger partial charge in [-0.2, -0.15) is 9.78 Å². The lowest BCUT2D eigenvalue weighted by atomic mass is 10.2. The van der Waals surface area contributed by atoms with Gasteiger partial charge in [0, 0.05) is 16.6 Å². The number of hydrogen-bond acceptors (Lipinski definition) is 5. The van der Waals surface area contributed by atoms with Gasteiger partial charge in [0.05, 0.1) is 20.7 Å². The third-order valence-corrected chi connectivity index (χ3v) is 6.43. The summed E-state index contributed by atoms with van der Waals surface area (Å²) in [5, 5.41) is 7.51. The number of carbonyl (C=O) groups is 1. The molecule has 1 heterocycles. The van der Waals surface area contributed by atoms with Crippen LogP contribution in [0.1, 0.15) is 24.7 Å². The van der Waals surface area contributed by atoms with Gasteiger partial charge >= 0.3 is 0 Å². The molecule has 0 fully saturated rings. The number of aryl methyl sites for hydroxylation is 1. The quantitative estimate of drug-likeness (QED) is 0.192. The molecular formula is C26H21BrFIN4O3. The zero-order valence-electron chi connectivity index (χ0n) is 19.2. The molecule has 0 aliphatic rings. The predicted octanol–water partition coefficient (Wildman–Crippen LogP) is 5.75. The van der Waals surface area contributed by atoms with E-state index in [1.165, 1.54) is 22.9 Å². The van der Waals surface area contributed by atoms with Crippen LogP contribution in [0.25, 0.3) is 10.9 Å². The van der Waals surface area contributed by atoms with Gasteiger partial charge in [-0.25, -0.2) is 9.37 Å². The molecule has 0 saturated carbocycles. The highest BCUT2D eigenvalue weighted by molar-refractivity contribution is 14.1. The summed E-state index contributed by atoms with van der Waals surface area (Å²) in [6.07, 6.45) is 3.02. The normalized spacial score (nSPS) is 11.2. The first-order chi connectivity index (χ1) is 17.3. The summed E-state index contributed by atoms with van der Waals surface area (Å²) in [6, 6.07) is 16.4. The first kappa shape index (κ1) is 26.0. The Morgan fingerprint density at radius 1 is 1.22 bits per heavy atom. The number of amides is 1. The van der Waals surface area contributed by atoms with E-state index >= 15 is 0 Å². The van der Waals surface area contributed by atoms with Gasteiger partial charge in [-0.3, -0.25) is 9.59 Å². The number of carbonyl (C=O) groups excluding carboxylic acids is 1. The highest BCUT2D eigenvalue weighted by atomic mass is 127. The van der Waals surface area contributed by atoms with Crippen LogP contribution in [0.3, 0.4) is 0 Å². The molecule has 7 nitrogen and oxygen atoms in total. The zero-order valence-corrected chi connectivity index (χ0v) is 22.9.